The second-order valence-electron chi connectivity index (χ2n) is 5.11. The molecule has 0 bridgehead atoms. The number of allylic oxidation sites excluding steroid dienone is 2. The van der Waals surface area contributed by atoms with E-state index in [9.17, 15) is 4.79 Å². The molecule has 2 aliphatic heterocycles. The van der Waals surface area contributed by atoms with E-state index >= 15 is 0 Å². The molecule has 3 aliphatic rings. The highest BCUT2D eigenvalue weighted by molar-refractivity contribution is 8.04. The summed E-state index contributed by atoms with van der Waals surface area (Å²) >= 11 is 1.65. The molecule has 4 nitrogen and oxygen atoms in total. The number of carbonyl (C=O) groups excluding carboxylic acids is 1. The van der Waals surface area contributed by atoms with Crippen molar-refractivity contribution in [1.29, 1.82) is 0 Å². The van der Waals surface area contributed by atoms with Gasteiger partial charge in [-0.15, -0.1) is 0 Å². The summed E-state index contributed by atoms with van der Waals surface area (Å²) in [6, 6.07) is 0. The first-order valence-corrected chi connectivity index (χ1v) is 7.84. The van der Waals surface area contributed by atoms with Gasteiger partial charge >= 0.3 is 6.09 Å². The van der Waals surface area contributed by atoms with E-state index < -0.39 is 0 Å². The maximum absolute atomic E-state index is 12.0. The first kappa shape index (κ1) is 12.8. The van der Waals surface area contributed by atoms with Crippen LogP contribution in [0.25, 0.3) is 0 Å². The summed E-state index contributed by atoms with van der Waals surface area (Å²) in [6.07, 6.45) is 11.4. The molecule has 1 aliphatic carbocycles. The summed E-state index contributed by atoms with van der Waals surface area (Å²) in [5.41, 5.74) is 0.973. The Morgan fingerprint density at radius 3 is 3.11 bits per heavy atom. The number of nitrogens with zero attached hydrogens (tertiary/aromatic N) is 2. The van der Waals surface area contributed by atoms with Gasteiger partial charge in [-0.1, -0.05) is 31.0 Å². The zero-order chi connectivity index (χ0) is 13.1. The monoisotopic (exact) mass is 278 g/mol. The fraction of sp³-hybridized carbons (Fsp3) is 0.571. The van der Waals surface area contributed by atoms with Gasteiger partial charge in [0.1, 0.15) is 0 Å². The predicted octanol–water partition coefficient (Wildman–Crippen LogP) is 3.52. The maximum atomic E-state index is 12.0. The molecule has 0 aromatic rings. The zero-order valence-corrected chi connectivity index (χ0v) is 11.7. The van der Waals surface area contributed by atoms with Crippen LogP contribution in [0.4, 0.5) is 4.79 Å². The van der Waals surface area contributed by atoms with E-state index in [1.165, 1.54) is 37.0 Å². The highest BCUT2D eigenvalue weighted by atomic mass is 32.2. The van der Waals surface area contributed by atoms with Crippen molar-refractivity contribution < 1.29 is 9.53 Å². The summed E-state index contributed by atoms with van der Waals surface area (Å²) in [5.74, 6) is 1.30. The topological polar surface area (TPSA) is 41.9 Å². The number of ether oxygens (including phenoxy) is 1. The Labute approximate surface area is 117 Å². The van der Waals surface area contributed by atoms with Crippen LogP contribution in [-0.2, 0) is 4.74 Å². The highest BCUT2D eigenvalue weighted by Crippen LogP contribution is 2.29. The minimum absolute atomic E-state index is 0.277. The number of fused-ring (bicyclic) bond motifs is 1. The van der Waals surface area contributed by atoms with E-state index in [1.807, 2.05) is 12.3 Å². The molecule has 0 saturated heterocycles. The number of carbonyl (C=O) groups is 1. The maximum Gasteiger partial charge on any atom is 0.417 e. The van der Waals surface area contributed by atoms with Crippen molar-refractivity contribution in [3.63, 3.8) is 0 Å². The molecule has 1 saturated carbocycles. The Morgan fingerprint density at radius 2 is 2.26 bits per heavy atom. The number of rotatable bonds is 2. The fourth-order valence-electron chi connectivity index (χ4n) is 2.61. The second-order valence-corrected chi connectivity index (χ2v) is 6.10. The van der Waals surface area contributed by atoms with Crippen LogP contribution < -0.4 is 0 Å². The fourth-order valence-corrected chi connectivity index (χ4v) is 3.42. The standard InChI is InChI=1S/C14H18N2O2S/c17-14(18-9-11-4-2-1-3-5-11)16-7-6-12-13(8-16)19-10-15-12/h6-8,11H,1-5,9-10H2. The molecule has 2 heterocycles. The van der Waals surface area contributed by atoms with Crippen molar-refractivity contribution >= 4 is 23.6 Å². The molecule has 102 valence electrons. The Morgan fingerprint density at radius 1 is 1.42 bits per heavy atom. The molecular formula is C14H18N2O2S. The third-order valence-electron chi connectivity index (χ3n) is 3.73. The van der Waals surface area contributed by atoms with E-state index in [1.54, 1.807) is 18.0 Å². The van der Waals surface area contributed by atoms with Gasteiger partial charge in [0.2, 0.25) is 0 Å². The van der Waals surface area contributed by atoms with Crippen LogP contribution in [0.5, 0.6) is 0 Å². The Hall–Kier alpha value is -1.23. The van der Waals surface area contributed by atoms with Crippen LogP contribution in [0, 0.1) is 5.92 Å². The van der Waals surface area contributed by atoms with Crippen LogP contribution >= 0.6 is 11.8 Å². The van der Waals surface area contributed by atoms with Crippen molar-refractivity contribution in [2.45, 2.75) is 32.1 Å². The molecule has 0 unspecified atom stereocenters. The number of hydrogen-bond acceptors (Lipinski definition) is 4. The third kappa shape index (κ3) is 3.03. The predicted molar refractivity (Wildman–Crippen MR) is 76.9 cm³/mol. The van der Waals surface area contributed by atoms with Crippen molar-refractivity contribution in [2.75, 3.05) is 12.5 Å². The van der Waals surface area contributed by atoms with Crippen molar-refractivity contribution in [3.05, 3.63) is 23.4 Å². The molecule has 19 heavy (non-hydrogen) atoms. The minimum Gasteiger partial charge on any atom is -0.449 e. The van der Waals surface area contributed by atoms with Crippen LogP contribution in [0.3, 0.4) is 0 Å². The third-order valence-corrected chi connectivity index (χ3v) is 4.62. The molecule has 1 fully saturated rings. The average molecular weight is 278 g/mol. The van der Waals surface area contributed by atoms with Crippen LogP contribution in [0.1, 0.15) is 32.1 Å². The van der Waals surface area contributed by atoms with Gasteiger partial charge < -0.3 is 4.74 Å². The van der Waals surface area contributed by atoms with E-state index in [4.69, 9.17) is 4.74 Å². The summed E-state index contributed by atoms with van der Waals surface area (Å²) < 4.78 is 5.41. The van der Waals surface area contributed by atoms with Crippen LogP contribution in [-0.4, -0.2) is 29.2 Å². The van der Waals surface area contributed by atoms with E-state index in [0.29, 0.717) is 12.5 Å². The van der Waals surface area contributed by atoms with Crippen molar-refractivity contribution in [3.8, 4) is 0 Å². The lowest BCUT2D eigenvalue weighted by Crippen LogP contribution is -2.27. The SMILES string of the molecule is O=C(OCC1CCCCC1)N1C=CC2=NCSC2=C1. The molecule has 1 amide bonds. The lowest BCUT2D eigenvalue weighted by atomic mass is 9.90. The Balaban J connectivity index is 1.52. The number of thioether (sulfide) groups is 1. The lowest BCUT2D eigenvalue weighted by molar-refractivity contribution is 0.100. The van der Waals surface area contributed by atoms with E-state index in [0.717, 1.165) is 16.5 Å². The molecule has 0 radical (unpaired) electrons. The Kier molecular flexibility index (Phi) is 3.92. The molecule has 0 N–H and O–H groups in total. The molecule has 3 rings (SSSR count). The van der Waals surface area contributed by atoms with Gasteiger partial charge in [0.25, 0.3) is 0 Å². The molecule has 0 aromatic carbocycles. The molecule has 0 spiro atoms. The molecule has 0 atom stereocenters. The van der Waals surface area contributed by atoms with Gasteiger partial charge in [0, 0.05) is 12.4 Å². The van der Waals surface area contributed by atoms with Gasteiger partial charge in [-0.25, -0.2) is 4.79 Å². The highest BCUT2D eigenvalue weighted by Gasteiger charge is 2.22. The summed E-state index contributed by atoms with van der Waals surface area (Å²) in [5, 5.41) is 0. The van der Waals surface area contributed by atoms with Gasteiger partial charge in [0.05, 0.1) is 23.1 Å². The summed E-state index contributed by atoms with van der Waals surface area (Å²) in [6.45, 7) is 0.556. The quantitative estimate of drug-likeness (QED) is 0.776. The minimum atomic E-state index is -0.277. The van der Waals surface area contributed by atoms with Crippen LogP contribution in [0.15, 0.2) is 28.4 Å². The number of hydrogen-bond donors (Lipinski definition) is 0. The molecular weight excluding hydrogens is 260 g/mol. The van der Waals surface area contributed by atoms with Gasteiger partial charge in [-0.05, 0) is 24.8 Å². The van der Waals surface area contributed by atoms with Crippen LogP contribution in [0.2, 0.25) is 0 Å². The van der Waals surface area contributed by atoms with E-state index in [2.05, 4.69) is 4.99 Å². The largest absolute Gasteiger partial charge is 0.449 e. The van der Waals surface area contributed by atoms with Gasteiger partial charge in [-0.3, -0.25) is 9.89 Å². The number of amides is 1. The second kappa shape index (κ2) is 5.82. The lowest BCUT2D eigenvalue weighted by Gasteiger charge is -2.23. The first-order valence-electron chi connectivity index (χ1n) is 6.85. The zero-order valence-electron chi connectivity index (χ0n) is 10.9. The molecule has 5 heteroatoms. The smallest absolute Gasteiger partial charge is 0.417 e. The van der Waals surface area contributed by atoms with Crippen molar-refractivity contribution in [1.82, 2.24) is 4.90 Å². The van der Waals surface area contributed by atoms with Crippen molar-refractivity contribution in [2.24, 2.45) is 10.9 Å². The summed E-state index contributed by atoms with van der Waals surface area (Å²) in [7, 11) is 0. The average Bonchev–Trinajstić information content (AvgIpc) is 2.93. The molecule has 0 aromatic heterocycles. The van der Waals surface area contributed by atoms with Gasteiger partial charge in [0.15, 0.2) is 0 Å². The Bertz CT molecular complexity index is 450. The van der Waals surface area contributed by atoms with E-state index in [-0.39, 0.29) is 6.09 Å². The number of aliphatic imine (C=N–C) groups is 1. The summed E-state index contributed by atoms with van der Waals surface area (Å²) in [4.78, 5) is 18.9. The first-order chi connectivity index (χ1) is 9.33. The van der Waals surface area contributed by atoms with Gasteiger partial charge in [-0.2, -0.15) is 0 Å². The normalized spacial score (nSPS) is 22.8.